The van der Waals surface area contributed by atoms with Crippen molar-refractivity contribution in [2.75, 3.05) is 53.6 Å². The summed E-state index contributed by atoms with van der Waals surface area (Å²) in [6.45, 7) is 4.63. The SMILES string of the molecule is COc1cc(OC)c(F)c(C(O)C2=CN=C3N=CC(C(C=NCCN4CCOCC4)=CN)=CC23)c1F. The lowest BCUT2D eigenvalue weighted by atomic mass is 9.87. The third-order valence-corrected chi connectivity index (χ3v) is 6.25. The van der Waals surface area contributed by atoms with Crippen molar-refractivity contribution < 1.29 is 28.1 Å². The van der Waals surface area contributed by atoms with Crippen LogP contribution in [-0.2, 0) is 4.74 Å². The number of aliphatic imine (C=N–C) groups is 3. The van der Waals surface area contributed by atoms with Crippen LogP contribution >= 0.6 is 0 Å². The number of allylic oxidation sites excluding steroid dienone is 2. The maximum Gasteiger partial charge on any atom is 0.174 e. The third-order valence-electron chi connectivity index (χ3n) is 6.25. The number of nitrogens with two attached hydrogens (primary N) is 1. The van der Waals surface area contributed by atoms with E-state index in [9.17, 15) is 5.11 Å². The second-order valence-electron chi connectivity index (χ2n) is 8.31. The fraction of sp³-hybridized carbons (Fsp3) is 0.400. The molecule has 0 bridgehead atoms. The average Bonchev–Trinajstić information content (AvgIpc) is 3.33. The minimum Gasteiger partial charge on any atom is -0.494 e. The Morgan fingerprint density at radius 3 is 2.61 bits per heavy atom. The summed E-state index contributed by atoms with van der Waals surface area (Å²) in [6.07, 6.45) is 6.18. The highest BCUT2D eigenvalue weighted by molar-refractivity contribution is 6.08. The second-order valence-corrected chi connectivity index (χ2v) is 8.31. The number of morpholine rings is 1. The fourth-order valence-electron chi connectivity index (χ4n) is 4.22. The Morgan fingerprint density at radius 1 is 1.28 bits per heavy atom. The maximum atomic E-state index is 15.0. The normalized spacial score (nSPS) is 21.2. The highest BCUT2D eigenvalue weighted by atomic mass is 19.1. The van der Waals surface area contributed by atoms with Gasteiger partial charge in [0.1, 0.15) is 11.9 Å². The molecule has 192 valence electrons. The van der Waals surface area contributed by atoms with Gasteiger partial charge in [0.15, 0.2) is 23.1 Å². The van der Waals surface area contributed by atoms with Crippen molar-refractivity contribution in [1.82, 2.24) is 4.90 Å². The van der Waals surface area contributed by atoms with Crippen LogP contribution < -0.4 is 15.2 Å². The predicted molar refractivity (Wildman–Crippen MR) is 133 cm³/mol. The van der Waals surface area contributed by atoms with Gasteiger partial charge in [0, 0.05) is 61.7 Å². The average molecular weight is 502 g/mol. The summed E-state index contributed by atoms with van der Waals surface area (Å²) in [5.41, 5.74) is 6.80. The monoisotopic (exact) mass is 501 g/mol. The van der Waals surface area contributed by atoms with Gasteiger partial charge in [-0.3, -0.25) is 9.89 Å². The molecule has 1 fully saturated rings. The first-order valence-electron chi connectivity index (χ1n) is 11.5. The molecule has 3 heterocycles. The van der Waals surface area contributed by atoms with Crippen LogP contribution in [0.2, 0.25) is 0 Å². The molecule has 3 aliphatic heterocycles. The van der Waals surface area contributed by atoms with Crippen molar-refractivity contribution in [3.05, 3.63) is 58.5 Å². The molecule has 3 N–H and O–H groups in total. The Balaban J connectivity index is 1.52. The number of methoxy groups -OCH3 is 2. The Morgan fingerprint density at radius 2 is 1.97 bits per heavy atom. The van der Waals surface area contributed by atoms with Crippen molar-refractivity contribution in [2.24, 2.45) is 26.6 Å². The highest BCUT2D eigenvalue weighted by Crippen LogP contribution is 2.41. The number of ether oxygens (including phenoxy) is 3. The van der Waals surface area contributed by atoms with E-state index in [1.165, 1.54) is 26.6 Å². The molecule has 1 aromatic rings. The van der Waals surface area contributed by atoms with E-state index >= 15 is 8.78 Å². The van der Waals surface area contributed by atoms with Crippen LogP contribution in [0.25, 0.3) is 0 Å². The fourth-order valence-corrected chi connectivity index (χ4v) is 4.22. The van der Waals surface area contributed by atoms with Gasteiger partial charge in [0.25, 0.3) is 0 Å². The number of rotatable bonds is 9. The summed E-state index contributed by atoms with van der Waals surface area (Å²) in [7, 11) is 2.49. The first-order chi connectivity index (χ1) is 17.5. The van der Waals surface area contributed by atoms with Crippen molar-refractivity contribution in [1.29, 1.82) is 0 Å². The van der Waals surface area contributed by atoms with Gasteiger partial charge in [-0.05, 0) is 5.57 Å². The Hall–Kier alpha value is -3.41. The van der Waals surface area contributed by atoms with E-state index in [-0.39, 0.29) is 17.1 Å². The zero-order chi connectivity index (χ0) is 25.7. The number of benzene rings is 1. The smallest absolute Gasteiger partial charge is 0.174 e. The van der Waals surface area contributed by atoms with Crippen LogP contribution in [-0.4, -0.2) is 81.9 Å². The van der Waals surface area contributed by atoms with Crippen molar-refractivity contribution in [3.8, 4) is 11.5 Å². The summed E-state index contributed by atoms with van der Waals surface area (Å²) in [4.78, 5) is 15.3. The molecule has 1 aromatic carbocycles. The van der Waals surface area contributed by atoms with E-state index in [2.05, 4.69) is 19.9 Å². The van der Waals surface area contributed by atoms with Gasteiger partial charge in [0.2, 0.25) is 0 Å². The molecule has 11 heteroatoms. The molecular weight excluding hydrogens is 472 g/mol. The van der Waals surface area contributed by atoms with E-state index in [0.717, 1.165) is 38.9 Å². The molecule has 4 rings (SSSR count). The molecule has 2 atom stereocenters. The van der Waals surface area contributed by atoms with Crippen LogP contribution in [0.3, 0.4) is 0 Å². The van der Waals surface area contributed by atoms with Crippen LogP contribution in [0.4, 0.5) is 8.78 Å². The van der Waals surface area contributed by atoms with Gasteiger partial charge < -0.3 is 25.1 Å². The largest absolute Gasteiger partial charge is 0.494 e. The summed E-state index contributed by atoms with van der Waals surface area (Å²) in [5.74, 6) is -2.74. The number of halogens is 2. The van der Waals surface area contributed by atoms with E-state index in [1.54, 1.807) is 18.5 Å². The van der Waals surface area contributed by atoms with Crippen LogP contribution in [0.15, 0.2) is 56.2 Å². The van der Waals surface area contributed by atoms with Crippen LogP contribution in [0.1, 0.15) is 11.7 Å². The minimum atomic E-state index is -1.65. The van der Waals surface area contributed by atoms with Crippen LogP contribution in [0.5, 0.6) is 11.5 Å². The molecule has 0 saturated carbocycles. The molecule has 0 spiro atoms. The van der Waals surface area contributed by atoms with Gasteiger partial charge >= 0.3 is 0 Å². The van der Waals surface area contributed by atoms with Crippen molar-refractivity contribution >= 4 is 18.3 Å². The maximum absolute atomic E-state index is 15.0. The van der Waals surface area contributed by atoms with Gasteiger partial charge in [-0.1, -0.05) is 6.08 Å². The quantitative estimate of drug-likeness (QED) is 0.502. The van der Waals surface area contributed by atoms with E-state index in [1.807, 2.05) is 0 Å². The summed E-state index contributed by atoms with van der Waals surface area (Å²) in [5, 5.41) is 11.0. The molecule has 1 saturated heterocycles. The highest BCUT2D eigenvalue weighted by Gasteiger charge is 2.35. The molecule has 0 aliphatic carbocycles. The molecule has 0 radical (unpaired) electrons. The standard InChI is InChI=1S/C25H29F2N5O4/c1-34-19-10-20(35-2)23(27)21(22(19)26)24(33)18-14-31-25-17(18)9-15(13-30-25)16(11-28)12-29-3-4-32-5-7-36-8-6-32/h9-14,17,24,33H,3-8,28H2,1-2H3. The Kier molecular flexibility index (Phi) is 8.24. The first-order valence-corrected chi connectivity index (χ1v) is 11.5. The zero-order valence-corrected chi connectivity index (χ0v) is 20.2. The number of fused-ring (bicyclic) bond motifs is 1. The number of nitrogens with zero attached hydrogens (tertiary/aromatic N) is 4. The lowest BCUT2D eigenvalue weighted by Crippen LogP contribution is -2.37. The van der Waals surface area contributed by atoms with Gasteiger partial charge in [-0.15, -0.1) is 0 Å². The lowest BCUT2D eigenvalue weighted by Gasteiger charge is -2.25. The molecule has 36 heavy (non-hydrogen) atoms. The second kappa shape index (κ2) is 11.5. The molecule has 0 amide bonds. The van der Waals surface area contributed by atoms with Crippen molar-refractivity contribution in [2.45, 2.75) is 6.10 Å². The van der Waals surface area contributed by atoms with Crippen LogP contribution in [0, 0.1) is 17.6 Å². The van der Waals surface area contributed by atoms with E-state index in [4.69, 9.17) is 19.9 Å². The number of hydrogen-bond donors (Lipinski definition) is 2. The first kappa shape index (κ1) is 25.7. The number of dihydropyridines is 1. The topological polar surface area (TPSA) is 114 Å². The molecular formula is C25H29F2N5O4. The number of aliphatic hydroxyl groups is 1. The summed E-state index contributed by atoms with van der Waals surface area (Å²) in [6, 6.07) is 1.09. The van der Waals surface area contributed by atoms with E-state index in [0.29, 0.717) is 23.5 Å². The predicted octanol–water partition coefficient (Wildman–Crippen LogP) is 2.18. The molecule has 0 aromatic heterocycles. The van der Waals surface area contributed by atoms with Gasteiger partial charge in [0.05, 0.1) is 45.5 Å². The molecule has 3 aliphatic rings. The summed E-state index contributed by atoms with van der Waals surface area (Å²) >= 11 is 0. The van der Waals surface area contributed by atoms with Gasteiger partial charge in [-0.25, -0.2) is 18.8 Å². The Bertz CT molecular complexity index is 1140. The third kappa shape index (κ3) is 5.23. The molecule has 2 unspecified atom stereocenters. The number of aliphatic hydroxyl groups excluding tert-OH is 1. The Labute approximate surface area is 208 Å². The zero-order valence-electron chi connectivity index (χ0n) is 20.2. The van der Waals surface area contributed by atoms with E-state index < -0.39 is 29.2 Å². The van der Waals surface area contributed by atoms with Gasteiger partial charge in [-0.2, -0.15) is 0 Å². The molecule has 9 nitrogen and oxygen atoms in total. The summed E-state index contributed by atoms with van der Waals surface area (Å²) < 4.78 is 45.3. The number of hydrogen-bond acceptors (Lipinski definition) is 9. The number of amidine groups is 1. The minimum absolute atomic E-state index is 0.249. The lowest BCUT2D eigenvalue weighted by molar-refractivity contribution is 0.0395. The van der Waals surface area contributed by atoms with Crippen molar-refractivity contribution in [3.63, 3.8) is 0 Å².